The number of nitrogens with zero attached hydrogens (tertiary/aromatic N) is 1. The summed E-state index contributed by atoms with van der Waals surface area (Å²) in [4.78, 5) is 12.7. The Morgan fingerprint density at radius 3 is 2.52 bits per heavy atom. The van der Waals surface area contributed by atoms with Gasteiger partial charge in [-0.25, -0.2) is 0 Å². The van der Waals surface area contributed by atoms with Crippen LogP contribution >= 0.6 is 43.6 Å². The van der Waals surface area contributed by atoms with Gasteiger partial charge >= 0.3 is 0 Å². The van der Waals surface area contributed by atoms with Crippen molar-refractivity contribution < 1.29 is 13.2 Å². The fraction of sp³-hybridized carbons (Fsp3) is 0. The molecule has 5 nitrogen and oxygen atoms in total. The molecule has 146 valence electrons. The van der Waals surface area contributed by atoms with Crippen molar-refractivity contribution in [3.63, 3.8) is 0 Å². The predicted octanol–water partition coefficient (Wildman–Crippen LogP) is 5.31. The van der Waals surface area contributed by atoms with E-state index in [9.17, 15) is 13.2 Å². The number of halogens is 2. The van der Waals surface area contributed by atoms with E-state index in [1.165, 1.54) is 6.07 Å². The third kappa shape index (κ3) is 4.32. The number of carbonyl (C=O) groups excluding carboxylic acids is 1. The summed E-state index contributed by atoms with van der Waals surface area (Å²) >= 11 is 7.81. The number of rotatable bonds is 3. The molecule has 0 aliphatic carbocycles. The summed E-state index contributed by atoms with van der Waals surface area (Å²) in [6.45, 7) is 0. The van der Waals surface area contributed by atoms with Gasteiger partial charge < -0.3 is 0 Å². The summed E-state index contributed by atoms with van der Waals surface area (Å²) in [6, 6.07) is 17.8. The van der Waals surface area contributed by atoms with Gasteiger partial charge in [0.05, 0.1) is 9.80 Å². The molecule has 1 saturated heterocycles. The molecule has 1 amide bonds. The molecule has 1 heterocycles. The van der Waals surface area contributed by atoms with Crippen LogP contribution < -0.4 is 5.32 Å². The molecule has 0 unspecified atom stereocenters. The van der Waals surface area contributed by atoms with Gasteiger partial charge in [0.25, 0.3) is 15.9 Å². The number of amides is 1. The number of benzene rings is 3. The Hall–Kier alpha value is -1.94. The van der Waals surface area contributed by atoms with E-state index in [-0.39, 0.29) is 16.0 Å². The minimum atomic E-state index is -3.99. The molecular formula is C20H12Br2N2O3S2. The highest BCUT2D eigenvalue weighted by atomic mass is 79.9. The minimum absolute atomic E-state index is 0.0327. The Morgan fingerprint density at radius 2 is 1.72 bits per heavy atom. The molecule has 0 radical (unpaired) electrons. The van der Waals surface area contributed by atoms with Crippen LogP contribution in [0.3, 0.4) is 0 Å². The molecule has 0 bridgehead atoms. The Morgan fingerprint density at radius 1 is 0.966 bits per heavy atom. The Bertz CT molecular complexity index is 1310. The number of carbonyl (C=O) groups is 1. The second-order valence-corrected chi connectivity index (χ2v) is 10.4. The zero-order valence-corrected chi connectivity index (χ0v) is 19.4. The smallest absolute Gasteiger partial charge is 0.285 e. The molecular weight excluding hydrogens is 540 g/mol. The van der Waals surface area contributed by atoms with Crippen molar-refractivity contribution >= 4 is 81.6 Å². The molecule has 4 rings (SSSR count). The Balaban J connectivity index is 1.67. The van der Waals surface area contributed by atoms with E-state index in [0.717, 1.165) is 31.7 Å². The summed E-state index contributed by atoms with van der Waals surface area (Å²) < 4.78 is 31.4. The monoisotopic (exact) mass is 550 g/mol. The van der Waals surface area contributed by atoms with Crippen molar-refractivity contribution in [3.05, 3.63) is 80.1 Å². The molecule has 0 aromatic heterocycles. The van der Waals surface area contributed by atoms with Gasteiger partial charge in [-0.3, -0.25) is 10.1 Å². The van der Waals surface area contributed by atoms with Gasteiger partial charge in [0.15, 0.2) is 5.17 Å². The molecule has 0 saturated carbocycles. The highest BCUT2D eigenvalue weighted by Crippen LogP contribution is 2.31. The van der Waals surface area contributed by atoms with Crippen LogP contribution in [0.15, 0.2) is 83.8 Å². The van der Waals surface area contributed by atoms with Crippen LogP contribution in [0.2, 0.25) is 0 Å². The van der Waals surface area contributed by atoms with Gasteiger partial charge in [-0.15, -0.1) is 4.40 Å². The summed E-state index contributed by atoms with van der Waals surface area (Å²) in [5.41, 5.74) is 0.802. The van der Waals surface area contributed by atoms with Crippen molar-refractivity contribution in [2.45, 2.75) is 4.90 Å². The lowest BCUT2D eigenvalue weighted by Gasteiger charge is -2.04. The molecule has 0 spiro atoms. The number of nitrogens with one attached hydrogen (secondary N) is 1. The van der Waals surface area contributed by atoms with Gasteiger partial charge in [-0.1, -0.05) is 42.5 Å². The van der Waals surface area contributed by atoms with Crippen LogP contribution in [0.4, 0.5) is 0 Å². The van der Waals surface area contributed by atoms with E-state index in [2.05, 4.69) is 41.6 Å². The van der Waals surface area contributed by atoms with Crippen LogP contribution in [0, 0.1) is 0 Å². The van der Waals surface area contributed by atoms with Crippen LogP contribution in [-0.2, 0) is 14.8 Å². The second kappa shape index (κ2) is 8.06. The van der Waals surface area contributed by atoms with Crippen LogP contribution in [-0.4, -0.2) is 19.5 Å². The number of hydrogen-bond donors (Lipinski definition) is 1. The topological polar surface area (TPSA) is 75.6 Å². The highest BCUT2D eigenvalue weighted by molar-refractivity contribution is 9.13. The first-order chi connectivity index (χ1) is 13.8. The van der Waals surface area contributed by atoms with Crippen molar-refractivity contribution in [3.8, 4) is 0 Å². The van der Waals surface area contributed by atoms with Crippen LogP contribution in [0.25, 0.3) is 16.8 Å². The largest absolute Gasteiger partial charge is 0.300 e. The number of thioether (sulfide) groups is 1. The van der Waals surface area contributed by atoms with E-state index >= 15 is 0 Å². The average molecular weight is 552 g/mol. The van der Waals surface area contributed by atoms with Crippen molar-refractivity contribution in [1.82, 2.24) is 5.32 Å². The molecule has 1 aliphatic rings. The second-order valence-electron chi connectivity index (χ2n) is 6.09. The normalized spacial score (nSPS) is 17.2. The number of fused-ring (bicyclic) bond motifs is 1. The van der Waals surface area contributed by atoms with E-state index in [0.29, 0.717) is 10.3 Å². The van der Waals surface area contributed by atoms with Crippen molar-refractivity contribution in [2.24, 2.45) is 4.40 Å². The van der Waals surface area contributed by atoms with E-state index in [4.69, 9.17) is 0 Å². The molecule has 1 N–H and O–H groups in total. The number of hydrogen-bond acceptors (Lipinski definition) is 4. The maximum absolute atomic E-state index is 12.9. The van der Waals surface area contributed by atoms with E-state index in [1.807, 2.05) is 36.4 Å². The molecule has 3 aromatic rings. The fourth-order valence-electron chi connectivity index (χ4n) is 2.80. The summed E-state index contributed by atoms with van der Waals surface area (Å²) in [5.74, 6) is -0.388. The SMILES string of the molecule is O=C1N/C(=N/S(=O)(=O)c2cccc3ccccc23)S/C1=C\c1ccc(Br)c(Br)c1. The third-order valence-electron chi connectivity index (χ3n) is 4.12. The molecule has 1 aliphatic heterocycles. The molecule has 3 aromatic carbocycles. The van der Waals surface area contributed by atoms with Gasteiger partial charge in [-0.2, -0.15) is 8.42 Å². The van der Waals surface area contributed by atoms with Crippen molar-refractivity contribution in [1.29, 1.82) is 0 Å². The summed E-state index contributed by atoms with van der Waals surface area (Å²) in [7, 11) is -3.99. The molecule has 29 heavy (non-hydrogen) atoms. The first-order valence-electron chi connectivity index (χ1n) is 8.32. The summed E-state index contributed by atoms with van der Waals surface area (Å²) in [5, 5.41) is 3.95. The molecule has 0 atom stereocenters. The highest BCUT2D eigenvalue weighted by Gasteiger charge is 2.27. The minimum Gasteiger partial charge on any atom is -0.300 e. The first kappa shape index (κ1) is 20.3. The maximum Gasteiger partial charge on any atom is 0.285 e. The van der Waals surface area contributed by atoms with Crippen LogP contribution in [0.1, 0.15) is 5.56 Å². The maximum atomic E-state index is 12.9. The standard InChI is InChI=1S/C20H12Br2N2O3S2/c21-15-9-8-12(10-16(15)22)11-17-19(25)23-20(28-17)24-29(26,27)18-7-3-5-13-4-1-2-6-14(13)18/h1-11H,(H,23,24,25)/b17-11-. The molecule has 9 heteroatoms. The van der Waals surface area contributed by atoms with Gasteiger partial charge in [0.2, 0.25) is 0 Å². The number of sulfonamides is 1. The zero-order valence-electron chi connectivity index (χ0n) is 14.6. The predicted molar refractivity (Wildman–Crippen MR) is 124 cm³/mol. The van der Waals surface area contributed by atoms with Gasteiger partial charge in [0, 0.05) is 14.3 Å². The lowest BCUT2D eigenvalue weighted by atomic mass is 10.1. The summed E-state index contributed by atoms with van der Waals surface area (Å²) in [6.07, 6.45) is 1.68. The quantitative estimate of drug-likeness (QED) is 0.447. The zero-order chi connectivity index (χ0) is 20.6. The average Bonchev–Trinajstić information content (AvgIpc) is 3.02. The van der Waals surface area contributed by atoms with Gasteiger partial charge in [0.1, 0.15) is 0 Å². The van der Waals surface area contributed by atoms with E-state index in [1.54, 1.807) is 24.3 Å². The van der Waals surface area contributed by atoms with Gasteiger partial charge in [-0.05, 0) is 78.8 Å². The fourth-order valence-corrected chi connectivity index (χ4v) is 5.66. The molecule has 1 fully saturated rings. The lowest BCUT2D eigenvalue weighted by molar-refractivity contribution is -0.115. The van der Waals surface area contributed by atoms with Crippen LogP contribution in [0.5, 0.6) is 0 Å². The third-order valence-corrected chi connectivity index (χ3v) is 8.36. The van der Waals surface area contributed by atoms with Crippen molar-refractivity contribution in [2.75, 3.05) is 0 Å². The first-order valence-corrected chi connectivity index (χ1v) is 12.2. The Labute approximate surface area is 188 Å². The van der Waals surface area contributed by atoms with E-state index < -0.39 is 10.0 Å². The number of amidine groups is 1. The Kier molecular flexibility index (Phi) is 5.65. The lowest BCUT2D eigenvalue weighted by Crippen LogP contribution is -2.20.